The van der Waals surface area contributed by atoms with Crippen molar-refractivity contribution in [2.24, 2.45) is 0 Å². The Morgan fingerprint density at radius 2 is 1.83 bits per heavy atom. The topological polar surface area (TPSA) is 68.4 Å². The van der Waals surface area contributed by atoms with Crippen LogP contribution in [0.25, 0.3) is 11.0 Å². The van der Waals surface area contributed by atoms with Crippen LogP contribution < -0.4 is 9.62 Å². The molecule has 0 saturated heterocycles. The first-order chi connectivity index (χ1) is 14.1. The number of hydrogen-bond donors (Lipinski definition) is 2. The molecule has 0 amide bonds. The highest BCUT2D eigenvalue weighted by Crippen LogP contribution is 2.24. The van der Waals surface area contributed by atoms with Crippen molar-refractivity contribution in [2.45, 2.75) is 56.1 Å². The fourth-order valence-corrected chi connectivity index (χ4v) is 5.92. The van der Waals surface area contributed by atoms with E-state index in [1.807, 2.05) is 18.2 Å². The predicted molar refractivity (Wildman–Crippen MR) is 113 cm³/mol. The lowest BCUT2D eigenvalue weighted by molar-refractivity contribution is -0.944. The van der Waals surface area contributed by atoms with Gasteiger partial charge in [0.05, 0.1) is 40.7 Å². The zero-order valence-electron chi connectivity index (χ0n) is 16.5. The zero-order valence-corrected chi connectivity index (χ0v) is 17.3. The summed E-state index contributed by atoms with van der Waals surface area (Å²) in [7, 11) is -3.60. The number of hydrogen-bond acceptors (Lipinski definition) is 3. The molecule has 1 fully saturated rings. The average molecular weight is 412 g/mol. The third-order valence-electron chi connectivity index (χ3n) is 6.36. The molecule has 5 rings (SSSR count). The van der Waals surface area contributed by atoms with Crippen LogP contribution in [0.2, 0.25) is 0 Å². The summed E-state index contributed by atoms with van der Waals surface area (Å²) in [5.41, 5.74) is 2.50. The van der Waals surface area contributed by atoms with Crippen LogP contribution in [0.5, 0.6) is 0 Å². The van der Waals surface area contributed by atoms with Gasteiger partial charge >= 0.3 is 0 Å². The molecule has 1 aliphatic heterocycles. The minimum atomic E-state index is -3.60. The molecule has 2 aromatic carbocycles. The molecular formula is C22H27N4O2S+. The fourth-order valence-electron chi connectivity index (χ4n) is 4.85. The molecule has 3 aromatic rings. The monoisotopic (exact) mass is 411 g/mol. The zero-order chi connectivity index (χ0) is 19.8. The highest BCUT2D eigenvalue weighted by Gasteiger charge is 2.30. The van der Waals surface area contributed by atoms with Crippen LogP contribution in [0.3, 0.4) is 0 Å². The molecule has 6 nitrogen and oxygen atoms in total. The van der Waals surface area contributed by atoms with Crippen LogP contribution in [0.4, 0.5) is 5.69 Å². The van der Waals surface area contributed by atoms with Crippen molar-refractivity contribution in [3.63, 3.8) is 0 Å². The molecule has 0 radical (unpaired) electrons. The number of benzene rings is 2. The van der Waals surface area contributed by atoms with Gasteiger partial charge in [0.2, 0.25) is 0 Å². The number of imidazole rings is 1. The summed E-state index contributed by atoms with van der Waals surface area (Å²) in [5, 5.41) is 0. The fraction of sp³-hybridized carbons (Fsp3) is 0.409. The molecule has 2 heterocycles. The molecule has 0 bridgehead atoms. The largest absolute Gasteiger partial charge is 0.325 e. The number of aromatic nitrogens is 2. The van der Waals surface area contributed by atoms with Gasteiger partial charge in [0.25, 0.3) is 10.0 Å². The summed E-state index contributed by atoms with van der Waals surface area (Å²) in [6.45, 7) is 3.09. The number of anilines is 1. The summed E-state index contributed by atoms with van der Waals surface area (Å²) in [6, 6.07) is 14.9. The Hall–Kier alpha value is -2.38. The SMILES string of the molecule is O=S(=O)(Nc1ccc2c(c1)nc1n2CC[NH+](C2CCCCC2)C1)c1ccccc1. The summed E-state index contributed by atoms with van der Waals surface area (Å²) in [4.78, 5) is 6.79. The van der Waals surface area contributed by atoms with E-state index >= 15 is 0 Å². The second-order valence-corrected chi connectivity index (χ2v) is 9.90. The summed E-state index contributed by atoms with van der Waals surface area (Å²) >= 11 is 0. The number of nitrogens with zero attached hydrogens (tertiary/aromatic N) is 2. The molecule has 1 atom stereocenters. The third-order valence-corrected chi connectivity index (χ3v) is 7.75. The van der Waals surface area contributed by atoms with E-state index in [1.54, 1.807) is 35.2 Å². The second-order valence-electron chi connectivity index (χ2n) is 8.22. The maximum atomic E-state index is 12.6. The van der Waals surface area contributed by atoms with Crippen molar-refractivity contribution >= 4 is 26.7 Å². The molecule has 1 unspecified atom stereocenters. The summed E-state index contributed by atoms with van der Waals surface area (Å²) in [5.74, 6) is 1.12. The Balaban J connectivity index is 1.39. The Morgan fingerprint density at radius 3 is 2.62 bits per heavy atom. The number of sulfonamides is 1. The minimum Gasteiger partial charge on any atom is -0.325 e. The smallest absolute Gasteiger partial charge is 0.261 e. The molecule has 152 valence electrons. The molecule has 1 aliphatic carbocycles. The van der Waals surface area contributed by atoms with Crippen molar-refractivity contribution in [3.05, 3.63) is 54.4 Å². The van der Waals surface area contributed by atoms with Crippen molar-refractivity contribution in [2.75, 3.05) is 11.3 Å². The molecule has 1 aromatic heterocycles. The van der Waals surface area contributed by atoms with Crippen LogP contribution in [-0.2, 0) is 23.1 Å². The number of quaternary nitrogens is 1. The van der Waals surface area contributed by atoms with E-state index in [-0.39, 0.29) is 4.90 Å². The maximum absolute atomic E-state index is 12.6. The minimum absolute atomic E-state index is 0.260. The van der Waals surface area contributed by atoms with E-state index in [2.05, 4.69) is 9.29 Å². The van der Waals surface area contributed by atoms with Gasteiger partial charge in [0.1, 0.15) is 6.54 Å². The van der Waals surface area contributed by atoms with E-state index in [0.29, 0.717) is 5.69 Å². The van der Waals surface area contributed by atoms with Gasteiger partial charge in [-0.25, -0.2) is 13.4 Å². The van der Waals surface area contributed by atoms with Gasteiger partial charge in [-0.1, -0.05) is 24.6 Å². The average Bonchev–Trinajstić information content (AvgIpc) is 3.11. The third kappa shape index (κ3) is 3.65. The standard InChI is InChI=1S/C22H26N4O2S/c27-29(28,19-9-5-2-6-10-19)24-17-11-12-21-20(15-17)23-22-16-25(13-14-26(21)22)18-7-3-1-4-8-18/h2,5-6,9-12,15,18,24H,1,3-4,7-8,13-14,16H2/p+1. The Bertz CT molecular complexity index is 1120. The lowest BCUT2D eigenvalue weighted by Gasteiger charge is -2.34. The van der Waals surface area contributed by atoms with Crippen molar-refractivity contribution < 1.29 is 13.3 Å². The van der Waals surface area contributed by atoms with Gasteiger partial charge < -0.3 is 9.47 Å². The van der Waals surface area contributed by atoms with Crippen molar-refractivity contribution in [1.82, 2.24) is 9.55 Å². The first kappa shape index (κ1) is 18.6. The lowest BCUT2D eigenvalue weighted by atomic mass is 9.94. The quantitative estimate of drug-likeness (QED) is 0.693. The van der Waals surface area contributed by atoms with Gasteiger partial charge in [-0.15, -0.1) is 0 Å². The van der Waals surface area contributed by atoms with Crippen molar-refractivity contribution in [3.8, 4) is 0 Å². The van der Waals surface area contributed by atoms with Crippen LogP contribution in [0.1, 0.15) is 37.9 Å². The number of rotatable bonds is 4. The highest BCUT2D eigenvalue weighted by atomic mass is 32.2. The summed E-state index contributed by atoms with van der Waals surface area (Å²) in [6.07, 6.45) is 6.76. The van der Waals surface area contributed by atoms with Crippen molar-refractivity contribution in [1.29, 1.82) is 0 Å². The number of nitrogens with one attached hydrogen (secondary N) is 2. The highest BCUT2D eigenvalue weighted by molar-refractivity contribution is 7.92. The Morgan fingerprint density at radius 1 is 1.03 bits per heavy atom. The molecule has 0 spiro atoms. The molecule has 2 N–H and O–H groups in total. The Kier molecular flexibility index (Phi) is 4.80. The van der Waals surface area contributed by atoms with E-state index in [9.17, 15) is 8.42 Å². The lowest BCUT2D eigenvalue weighted by Crippen LogP contribution is -3.15. The first-order valence-electron chi connectivity index (χ1n) is 10.5. The predicted octanol–water partition coefficient (Wildman–Crippen LogP) is 2.57. The molecular weight excluding hydrogens is 384 g/mol. The van der Waals surface area contributed by atoms with Gasteiger partial charge in [-0.2, -0.15) is 0 Å². The summed E-state index contributed by atoms with van der Waals surface area (Å²) < 4.78 is 30.2. The van der Waals surface area contributed by atoms with Crippen LogP contribution in [-0.4, -0.2) is 30.6 Å². The normalized spacial score (nSPS) is 20.5. The van der Waals surface area contributed by atoms with Gasteiger partial charge in [-0.05, 0) is 56.0 Å². The van der Waals surface area contributed by atoms with Crippen LogP contribution in [0, 0.1) is 0 Å². The molecule has 7 heteroatoms. The van der Waals surface area contributed by atoms with E-state index < -0.39 is 10.0 Å². The van der Waals surface area contributed by atoms with Gasteiger partial charge in [0.15, 0.2) is 5.82 Å². The second kappa shape index (κ2) is 7.46. The molecule has 29 heavy (non-hydrogen) atoms. The van der Waals surface area contributed by atoms with Crippen LogP contribution >= 0.6 is 0 Å². The number of fused-ring (bicyclic) bond motifs is 3. The van der Waals surface area contributed by atoms with E-state index in [1.165, 1.54) is 32.1 Å². The molecule has 1 saturated carbocycles. The first-order valence-corrected chi connectivity index (χ1v) is 12.0. The van der Waals surface area contributed by atoms with Crippen LogP contribution in [0.15, 0.2) is 53.4 Å². The maximum Gasteiger partial charge on any atom is 0.261 e. The van der Waals surface area contributed by atoms with Gasteiger partial charge in [0, 0.05) is 0 Å². The molecule has 2 aliphatic rings. The Labute approximate surface area is 171 Å². The van der Waals surface area contributed by atoms with E-state index in [4.69, 9.17) is 4.98 Å². The van der Waals surface area contributed by atoms with Gasteiger partial charge in [-0.3, -0.25) is 4.72 Å². The van der Waals surface area contributed by atoms with E-state index in [0.717, 1.165) is 42.5 Å².